The lowest BCUT2D eigenvalue weighted by Crippen LogP contribution is -2.26. The average molecular weight is 537 g/mol. The maximum absolute atomic E-state index is 13.8. The van der Waals surface area contributed by atoms with Crippen molar-refractivity contribution in [3.05, 3.63) is 65.7 Å². The van der Waals surface area contributed by atoms with E-state index in [-0.39, 0.29) is 28.5 Å². The highest BCUT2D eigenvalue weighted by atomic mass is 32.2. The first-order valence-corrected chi connectivity index (χ1v) is 13.1. The van der Waals surface area contributed by atoms with E-state index < -0.39 is 27.7 Å². The molecule has 37 heavy (non-hydrogen) atoms. The second kappa shape index (κ2) is 11.6. The minimum atomic E-state index is -4.69. The van der Waals surface area contributed by atoms with E-state index in [1.807, 2.05) is 6.92 Å². The molecular weight excluding hydrogens is 509 g/mol. The molecule has 2 aromatic heterocycles. The van der Waals surface area contributed by atoms with Gasteiger partial charge in [0.25, 0.3) is 10.0 Å². The highest BCUT2D eigenvalue weighted by molar-refractivity contribution is 7.92. The van der Waals surface area contributed by atoms with Gasteiger partial charge in [-0.1, -0.05) is 37.3 Å². The van der Waals surface area contributed by atoms with Crippen LogP contribution in [0.2, 0.25) is 0 Å². The number of carboxylic acids is 1. The first-order valence-electron chi connectivity index (χ1n) is 11.6. The predicted molar refractivity (Wildman–Crippen MR) is 134 cm³/mol. The van der Waals surface area contributed by atoms with Gasteiger partial charge in [0, 0.05) is 25.1 Å². The predicted octanol–water partition coefficient (Wildman–Crippen LogP) is 5.22. The van der Waals surface area contributed by atoms with Crippen LogP contribution in [-0.2, 0) is 27.4 Å². The highest BCUT2D eigenvalue weighted by Crippen LogP contribution is 2.38. The number of pyridine rings is 2. The summed E-state index contributed by atoms with van der Waals surface area (Å²) in [5.74, 6) is -0.891. The van der Waals surface area contributed by atoms with E-state index >= 15 is 0 Å². The number of rotatable bonds is 11. The molecule has 0 unspecified atom stereocenters. The van der Waals surface area contributed by atoms with E-state index in [4.69, 9.17) is 5.11 Å². The summed E-state index contributed by atoms with van der Waals surface area (Å²) >= 11 is 0. The number of sulfonamides is 1. The maximum Gasteiger partial charge on any atom is 0.418 e. The zero-order valence-corrected chi connectivity index (χ0v) is 21.1. The van der Waals surface area contributed by atoms with Gasteiger partial charge >= 0.3 is 12.1 Å². The lowest BCUT2D eigenvalue weighted by molar-refractivity contribution is -0.138. The summed E-state index contributed by atoms with van der Waals surface area (Å²) in [5, 5.41) is 8.51. The molecule has 0 radical (unpaired) electrons. The summed E-state index contributed by atoms with van der Waals surface area (Å²) in [6.07, 6.45) is -3.93. The van der Waals surface area contributed by atoms with Crippen LogP contribution in [0.5, 0.6) is 0 Å². The molecule has 0 fully saturated rings. The van der Waals surface area contributed by atoms with E-state index in [9.17, 15) is 26.4 Å². The monoisotopic (exact) mass is 536 g/mol. The van der Waals surface area contributed by atoms with Crippen LogP contribution < -0.4 is 9.62 Å². The van der Waals surface area contributed by atoms with Crippen LogP contribution in [0.15, 0.2) is 59.6 Å². The van der Waals surface area contributed by atoms with E-state index in [1.54, 1.807) is 36.1 Å². The van der Waals surface area contributed by atoms with Crippen molar-refractivity contribution in [2.24, 2.45) is 0 Å². The van der Waals surface area contributed by atoms with Crippen LogP contribution in [0.4, 0.5) is 24.8 Å². The minimum Gasteiger partial charge on any atom is -0.481 e. The maximum atomic E-state index is 13.8. The Hall–Kier alpha value is -3.67. The first kappa shape index (κ1) is 27.9. The number of aryl methyl sites for hydroxylation is 1. The fourth-order valence-electron chi connectivity index (χ4n) is 3.79. The topological polar surface area (TPSA) is 112 Å². The van der Waals surface area contributed by atoms with Gasteiger partial charge in [-0.15, -0.1) is 0 Å². The fourth-order valence-corrected chi connectivity index (χ4v) is 4.75. The molecule has 3 rings (SSSR count). The molecule has 0 aliphatic rings. The normalized spacial score (nSPS) is 11.8. The third-order valence-electron chi connectivity index (χ3n) is 5.60. The van der Waals surface area contributed by atoms with Crippen LogP contribution in [0.25, 0.3) is 11.3 Å². The zero-order valence-electron chi connectivity index (χ0n) is 20.3. The van der Waals surface area contributed by atoms with Crippen molar-refractivity contribution in [3.8, 4) is 11.3 Å². The number of carboxylic acid groups (broad SMARTS) is 1. The van der Waals surface area contributed by atoms with Gasteiger partial charge in [0.15, 0.2) is 5.03 Å². The average Bonchev–Trinajstić information content (AvgIpc) is 2.85. The Morgan fingerprint density at radius 1 is 1.03 bits per heavy atom. The first-order chi connectivity index (χ1) is 17.5. The molecule has 3 aromatic rings. The Bertz CT molecular complexity index is 1360. The summed E-state index contributed by atoms with van der Waals surface area (Å²) in [6.45, 7) is 4.44. The largest absolute Gasteiger partial charge is 0.481 e. The third kappa shape index (κ3) is 6.97. The summed E-state index contributed by atoms with van der Waals surface area (Å²) in [7, 11) is -4.30. The van der Waals surface area contributed by atoms with Gasteiger partial charge in [0.05, 0.1) is 11.3 Å². The molecule has 0 aliphatic heterocycles. The molecule has 0 saturated carbocycles. The third-order valence-corrected chi connectivity index (χ3v) is 6.86. The summed E-state index contributed by atoms with van der Waals surface area (Å²) in [6, 6.07) is 12.6. The minimum absolute atomic E-state index is 0.0425. The van der Waals surface area contributed by atoms with Crippen molar-refractivity contribution in [2.75, 3.05) is 22.7 Å². The molecule has 2 N–H and O–H groups in total. The number of halogens is 3. The zero-order chi connectivity index (χ0) is 27.2. The lowest BCUT2D eigenvalue weighted by atomic mass is 9.98. The number of nitrogens with one attached hydrogen (secondary N) is 1. The van der Waals surface area contributed by atoms with Crippen molar-refractivity contribution in [1.29, 1.82) is 0 Å². The van der Waals surface area contributed by atoms with Gasteiger partial charge in [-0.3, -0.25) is 9.52 Å². The molecule has 0 aliphatic carbocycles. The van der Waals surface area contributed by atoms with Gasteiger partial charge in [-0.05, 0) is 49.6 Å². The standard InChI is InChI=1S/C25H27F3N4O4S/c1-3-17-9-5-6-10-18(17)24-19(25(26,27)28)14-15-20(29-24)31-37(35,36)22-12-7-11-21(30-22)32(4-2)16-8-13-23(33)34/h5-7,9-12,14-15H,3-4,8,13,16H2,1-2H3,(H,29,31)(H,33,34). The molecule has 1 aromatic carbocycles. The molecule has 0 bridgehead atoms. The van der Waals surface area contributed by atoms with Crippen LogP contribution in [0.3, 0.4) is 0 Å². The molecular formula is C25H27F3N4O4S. The number of alkyl halides is 3. The van der Waals surface area contributed by atoms with Crippen molar-refractivity contribution in [3.63, 3.8) is 0 Å². The number of anilines is 2. The quantitative estimate of drug-likeness (QED) is 0.346. The molecule has 12 heteroatoms. The van der Waals surface area contributed by atoms with Crippen molar-refractivity contribution in [1.82, 2.24) is 9.97 Å². The Morgan fingerprint density at radius 2 is 1.76 bits per heavy atom. The second-order valence-electron chi connectivity index (χ2n) is 8.12. The number of aliphatic carboxylic acids is 1. The number of hydrogen-bond acceptors (Lipinski definition) is 6. The fraction of sp³-hybridized carbons (Fsp3) is 0.320. The van der Waals surface area contributed by atoms with Gasteiger partial charge in [0.2, 0.25) is 0 Å². The molecule has 0 spiro atoms. The Labute approximate surface area is 213 Å². The SMILES string of the molecule is CCc1ccccc1-c1nc(NS(=O)(=O)c2cccc(N(CC)CCCC(=O)O)n2)ccc1C(F)(F)F. The Kier molecular flexibility index (Phi) is 8.74. The number of benzene rings is 1. The van der Waals surface area contributed by atoms with Gasteiger partial charge in [-0.25, -0.2) is 9.97 Å². The smallest absolute Gasteiger partial charge is 0.418 e. The van der Waals surface area contributed by atoms with Crippen LogP contribution in [0.1, 0.15) is 37.8 Å². The van der Waals surface area contributed by atoms with Gasteiger partial charge in [-0.2, -0.15) is 21.6 Å². The van der Waals surface area contributed by atoms with Crippen molar-refractivity contribution >= 4 is 27.6 Å². The number of nitrogens with zero attached hydrogens (tertiary/aromatic N) is 3. The summed E-state index contributed by atoms with van der Waals surface area (Å²) < 4.78 is 69.7. The van der Waals surface area contributed by atoms with E-state index in [0.717, 1.165) is 12.1 Å². The Balaban J connectivity index is 1.95. The number of aromatic nitrogens is 2. The van der Waals surface area contributed by atoms with Crippen LogP contribution >= 0.6 is 0 Å². The number of hydrogen-bond donors (Lipinski definition) is 2. The van der Waals surface area contributed by atoms with Gasteiger partial charge < -0.3 is 10.0 Å². The molecule has 198 valence electrons. The van der Waals surface area contributed by atoms with Crippen LogP contribution in [0, 0.1) is 0 Å². The summed E-state index contributed by atoms with van der Waals surface area (Å²) in [4.78, 5) is 20.8. The summed E-state index contributed by atoms with van der Waals surface area (Å²) in [5.41, 5.74) is -0.449. The van der Waals surface area contributed by atoms with Crippen LogP contribution in [-0.4, -0.2) is 42.6 Å². The molecule has 2 heterocycles. The van der Waals surface area contributed by atoms with Crippen molar-refractivity contribution < 1.29 is 31.5 Å². The van der Waals surface area contributed by atoms with E-state index in [2.05, 4.69) is 14.7 Å². The second-order valence-corrected chi connectivity index (χ2v) is 9.75. The van der Waals surface area contributed by atoms with E-state index in [1.165, 1.54) is 18.2 Å². The molecule has 0 amide bonds. The molecule has 0 atom stereocenters. The Morgan fingerprint density at radius 3 is 2.41 bits per heavy atom. The molecule has 8 nitrogen and oxygen atoms in total. The van der Waals surface area contributed by atoms with E-state index in [0.29, 0.717) is 37.3 Å². The number of carbonyl (C=O) groups is 1. The van der Waals surface area contributed by atoms with Crippen molar-refractivity contribution in [2.45, 2.75) is 44.3 Å². The highest BCUT2D eigenvalue weighted by Gasteiger charge is 2.35. The molecule has 0 saturated heterocycles. The lowest BCUT2D eigenvalue weighted by Gasteiger charge is -2.22. The van der Waals surface area contributed by atoms with Gasteiger partial charge in [0.1, 0.15) is 11.6 Å².